The number of aliphatic hydroxyl groups is 1. The molecule has 3 rings (SSSR count). The zero-order chi connectivity index (χ0) is 18.8. The molecular weight excluding hydrogens is 366 g/mol. The van der Waals surface area contributed by atoms with E-state index in [1.807, 2.05) is 61.5 Å². The Morgan fingerprint density at radius 2 is 1.85 bits per heavy atom. The van der Waals surface area contributed by atoms with Gasteiger partial charge < -0.3 is 5.11 Å². The van der Waals surface area contributed by atoms with Gasteiger partial charge in [0.2, 0.25) is 10.0 Å². The van der Waals surface area contributed by atoms with Crippen LogP contribution in [0.5, 0.6) is 0 Å². The van der Waals surface area contributed by atoms with E-state index < -0.39 is 15.6 Å². The van der Waals surface area contributed by atoms with E-state index in [2.05, 4.69) is 4.72 Å². The van der Waals surface area contributed by atoms with Gasteiger partial charge >= 0.3 is 0 Å². The van der Waals surface area contributed by atoms with Crippen LogP contribution in [0.2, 0.25) is 0 Å². The quantitative estimate of drug-likeness (QED) is 0.672. The number of aryl methyl sites for hydroxylation is 1. The SMILES string of the molecule is Cc1ccc(C=CS(=O)(=O)NCC(C)(O)c2cc3ccccc3s2)cc1. The number of rotatable bonds is 6. The summed E-state index contributed by atoms with van der Waals surface area (Å²) >= 11 is 1.46. The van der Waals surface area contributed by atoms with Crippen molar-refractivity contribution in [3.8, 4) is 0 Å². The van der Waals surface area contributed by atoms with Gasteiger partial charge in [-0.2, -0.15) is 0 Å². The third-order valence-corrected chi connectivity index (χ3v) is 6.50. The molecule has 0 aliphatic heterocycles. The lowest BCUT2D eigenvalue weighted by Crippen LogP contribution is -2.37. The summed E-state index contributed by atoms with van der Waals surface area (Å²) in [5.74, 6) is 0. The molecule has 3 aromatic rings. The molecule has 6 heteroatoms. The Morgan fingerprint density at radius 1 is 1.15 bits per heavy atom. The highest BCUT2D eigenvalue weighted by Crippen LogP contribution is 2.32. The maximum Gasteiger partial charge on any atom is 0.233 e. The Morgan fingerprint density at radius 3 is 2.54 bits per heavy atom. The first-order chi connectivity index (χ1) is 12.3. The number of fused-ring (bicyclic) bond motifs is 1. The Kier molecular flexibility index (Phi) is 5.29. The van der Waals surface area contributed by atoms with Crippen LogP contribution < -0.4 is 4.72 Å². The van der Waals surface area contributed by atoms with Gasteiger partial charge in [-0.1, -0.05) is 48.0 Å². The number of thiophene rings is 1. The Hall–Kier alpha value is -1.99. The minimum atomic E-state index is -3.65. The summed E-state index contributed by atoms with van der Waals surface area (Å²) in [7, 11) is -3.65. The van der Waals surface area contributed by atoms with E-state index in [1.54, 1.807) is 6.92 Å². The van der Waals surface area contributed by atoms with Gasteiger partial charge in [-0.15, -0.1) is 11.3 Å². The topological polar surface area (TPSA) is 66.4 Å². The van der Waals surface area contributed by atoms with E-state index in [0.717, 1.165) is 31.5 Å². The van der Waals surface area contributed by atoms with Gasteiger partial charge in [0.1, 0.15) is 5.60 Å². The van der Waals surface area contributed by atoms with Crippen LogP contribution in [0.3, 0.4) is 0 Å². The molecule has 0 saturated heterocycles. The summed E-state index contributed by atoms with van der Waals surface area (Å²) in [6.45, 7) is 3.49. The Labute approximate surface area is 157 Å². The fourth-order valence-electron chi connectivity index (χ4n) is 2.47. The van der Waals surface area contributed by atoms with Crippen molar-refractivity contribution in [2.45, 2.75) is 19.4 Å². The van der Waals surface area contributed by atoms with Crippen LogP contribution >= 0.6 is 11.3 Å². The lowest BCUT2D eigenvalue weighted by atomic mass is 10.1. The van der Waals surface area contributed by atoms with Crippen molar-refractivity contribution in [1.82, 2.24) is 4.72 Å². The second kappa shape index (κ2) is 7.32. The molecule has 0 radical (unpaired) electrons. The molecule has 0 spiro atoms. The third-order valence-electron chi connectivity index (χ3n) is 4.09. The standard InChI is InChI=1S/C20H21NO3S2/c1-15-7-9-16(10-8-15)11-12-26(23,24)21-14-20(2,22)19-13-17-5-3-4-6-18(17)25-19/h3-13,21-22H,14H2,1-2H3. The number of nitrogens with one attached hydrogen (secondary N) is 1. The van der Waals surface area contributed by atoms with E-state index in [-0.39, 0.29) is 6.54 Å². The highest BCUT2D eigenvalue weighted by atomic mass is 32.2. The lowest BCUT2D eigenvalue weighted by molar-refractivity contribution is 0.0667. The highest BCUT2D eigenvalue weighted by Gasteiger charge is 2.27. The molecule has 0 fully saturated rings. The molecule has 0 aliphatic rings. The van der Waals surface area contributed by atoms with Crippen LogP contribution in [0.1, 0.15) is 22.9 Å². The first-order valence-corrected chi connectivity index (χ1v) is 10.6. The Bertz CT molecular complexity index is 999. The number of hydrogen-bond donors (Lipinski definition) is 2. The van der Waals surface area contributed by atoms with Crippen LogP contribution in [-0.2, 0) is 15.6 Å². The maximum absolute atomic E-state index is 12.2. The summed E-state index contributed by atoms with van der Waals surface area (Å²) in [4.78, 5) is 0.726. The maximum atomic E-state index is 12.2. The molecule has 136 valence electrons. The van der Waals surface area contributed by atoms with Crippen molar-refractivity contribution in [2.75, 3.05) is 6.54 Å². The fourth-order valence-corrected chi connectivity index (χ4v) is 4.49. The molecule has 0 bridgehead atoms. The smallest absolute Gasteiger partial charge is 0.233 e. The largest absolute Gasteiger partial charge is 0.383 e. The second-order valence-electron chi connectivity index (χ2n) is 6.50. The van der Waals surface area contributed by atoms with E-state index in [1.165, 1.54) is 17.4 Å². The monoisotopic (exact) mass is 387 g/mol. The summed E-state index contributed by atoms with van der Waals surface area (Å²) in [5, 5.41) is 12.9. The molecule has 26 heavy (non-hydrogen) atoms. The van der Waals surface area contributed by atoms with Gasteiger partial charge in [-0.05, 0) is 43.0 Å². The molecule has 2 N–H and O–H groups in total. The zero-order valence-corrected chi connectivity index (χ0v) is 16.3. The van der Waals surface area contributed by atoms with Crippen molar-refractivity contribution in [3.05, 3.63) is 76.0 Å². The van der Waals surface area contributed by atoms with Crippen molar-refractivity contribution < 1.29 is 13.5 Å². The lowest BCUT2D eigenvalue weighted by Gasteiger charge is -2.21. The van der Waals surface area contributed by atoms with Gasteiger partial charge in [-0.25, -0.2) is 13.1 Å². The second-order valence-corrected chi connectivity index (χ2v) is 9.24. The fraction of sp³-hybridized carbons (Fsp3) is 0.200. The van der Waals surface area contributed by atoms with Crippen molar-refractivity contribution >= 4 is 37.5 Å². The molecule has 1 aromatic heterocycles. The molecule has 0 aliphatic carbocycles. The molecule has 1 unspecified atom stereocenters. The summed E-state index contributed by atoms with van der Waals surface area (Å²) in [6, 6.07) is 17.3. The van der Waals surface area contributed by atoms with Gasteiger partial charge in [-0.3, -0.25) is 0 Å². The molecule has 0 amide bonds. The first-order valence-electron chi connectivity index (χ1n) is 8.21. The number of hydrogen-bond acceptors (Lipinski definition) is 4. The molecule has 1 atom stereocenters. The zero-order valence-electron chi connectivity index (χ0n) is 14.6. The van der Waals surface area contributed by atoms with Gasteiger partial charge in [0.15, 0.2) is 0 Å². The molecule has 1 heterocycles. The van der Waals surface area contributed by atoms with E-state index >= 15 is 0 Å². The minimum absolute atomic E-state index is 0.0968. The third kappa shape index (κ3) is 4.59. The molecular formula is C20H21NO3S2. The average molecular weight is 388 g/mol. The van der Waals surface area contributed by atoms with Gasteiger partial charge in [0.25, 0.3) is 0 Å². The summed E-state index contributed by atoms with van der Waals surface area (Å²) < 4.78 is 28.0. The molecule has 4 nitrogen and oxygen atoms in total. The van der Waals surface area contributed by atoms with E-state index in [9.17, 15) is 13.5 Å². The average Bonchev–Trinajstić information content (AvgIpc) is 3.05. The van der Waals surface area contributed by atoms with Crippen LogP contribution in [0.15, 0.2) is 60.0 Å². The van der Waals surface area contributed by atoms with E-state index in [0.29, 0.717) is 0 Å². The van der Waals surface area contributed by atoms with Gasteiger partial charge in [0, 0.05) is 21.5 Å². The van der Waals surface area contributed by atoms with Crippen molar-refractivity contribution in [2.24, 2.45) is 0 Å². The van der Waals surface area contributed by atoms with Crippen LogP contribution in [0.25, 0.3) is 16.2 Å². The van der Waals surface area contributed by atoms with Crippen molar-refractivity contribution in [1.29, 1.82) is 0 Å². The predicted octanol–water partition coefficient (Wildman–Crippen LogP) is 4.01. The summed E-state index contributed by atoms with van der Waals surface area (Å²) in [5.41, 5.74) is 0.633. The number of sulfonamides is 1. The van der Waals surface area contributed by atoms with Crippen LogP contribution in [0, 0.1) is 6.92 Å². The van der Waals surface area contributed by atoms with E-state index in [4.69, 9.17) is 0 Å². The predicted molar refractivity (Wildman–Crippen MR) is 109 cm³/mol. The molecule has 2 aromatic carbocycles. The summed E-state index contributed by atoms with van der Waals surface area (Å²) in [6.07, 6.45) is 1.54. The minimum Gasteiger partial charge on any atom is -0.383 e. The highest BCUT2D eigenvalue weighted by molar-refractivity contribution is 7.92. The Balaban J connectivity index is 1.70. The molecule has 0 saturated carbocycles. The van der Waals surface area contributed by atoms with Crippen molar-refractivity contribution in [3.63, 3.8) is 0 Å². The van der Waals surface area contributed by atoms with Gasteiger partial charge in [0.05, 0.1) is 0 Å². The van der Waals surface area contributed by atoms with Crippen LogP contribution in [-0.4, -0.2) is 20.1 Å². The first kappa shape index (κ1) is 18.8. The van der Waals surface area contributed by atoms with Crippen LogP contribution in [0.4, 0.5) is 0 Å². The number of benzene rings is 2. The normalized spacial score (nSPS) is 14.7.